The van der Waals surface area contributed by atoms with Gasteiger partial charge in [0.25, 0.3) is 0 Å². The number of piperazine rings is 1. The molecule has 0 radical (unpaired) electrons. The minimum Gasteiger partial charge on any atom is -0.370 e. The Morgan fingerprint density at radius 2 is 1.00 bits per heavy atom. The van der Waals surface area contributed by atoms with E-state index in [4.69, 9.17) is 0 Å². The Morgan fingerprint density at radius 3 is 1.07 bits per heavy atom. The Labute approximate surface area is 84.4 Å². The summed E-state index contributed by atoms with van der Waals surface area (Å²) < 4.78 is 0. The molecule has 6 heteroatoms. The van der Waals surface area contributed by atoms with Crippen LogP contribution >= 0.6 is 0 Å². The zero-order chi connectivity index (χ0) is 11.4. The van der Waals surface area contributed by atoms with E-state index in [0.717, 1.165) is 26.2 Å². The molecule has 6 nitrogen and oxygen atoms in total. The van der Waals surface area contributed by atoms with E-state index in [1.165, 1.54) is 13.8 Å². The number of hydrogen-bond acceptors (Lipinski definition) is 4. The molecule has 0 atom stereocenters. The maximum absolute atomic E-state index is 9.22. The van der Waals surface area contributed by atoms with Gasteiger partial charge in [-0.15, -0.1) is 0 Å². The van der Waals surface area contributed by atoms with Gasteiger partial charge in [0.2, 0.25) is 11.8 Å². The number of primary amides is 2. The first-order valence-electron chi connectivity index (χ1n) is 4.40. The molecule has 1 rings (SSSR count). The average molecular weight is 204 g/mol. The predicted molar refractivity (Wildman–Crippen MR) is 55.5 cm³/mol. The lowest BCUT2D eigenvalue weighted by molar-refractivity contribution is -0.116. The van der Waals surface area contributed by atoms with Crippen LogP contribution in [-0.4, -0.2) is 38.0 Å². The highest BCUT2D eigenvalue weighted by molar-refractivity contribution is 5.70. The Hall–Kier alpha value is -1.14. The predicted octanol–water partition coefficient (Wildman–Crippen LogP) is -1.84. The molecule has 1 fully saturated rings. The third-order valence-corrected chi connectivity index (χ3v) is 0.957. The number of carbonyl (C=O) groups excluding carboxylic acids is 2. The highest BCUT2D eigenvalue weighted by Gasteiger charge is 1.91. The SMILES string of the molecule is C1CNCCN1.CC(N)=O.CC(N)=O. The van der Waals surface area contributed by atoms with E-state index >= 15 is 0 Å². The summed E-state index contributed by atoms with van der Waals surface area (Å²) >= 11 is 0. The van der Waals surface area contributed by atoms with Gasteiger partial charge in [0, 0.05) is 40.0 Å². The van der Waals surface area contributed by atoms with Crippen molar-refractivity contribution in [1.29, 1.82) is 0 Å². The molecule has 1 heterocycles. The number of carbonyl (C=O) groups is 2. The smallest absolute Gasteiger partial charge is 0.214 e. The summed E-state index contributed by atoms with van der Waals surface area (Å²) in [5, 5.41) is 6.44. The molecule has 0 aromatic carbocycles. The number of nitrogens with two attached hydrogens (primary N) is 2. The minimum absolute atomic E-state index is 0.333. The molecule has 6 N–H and O–H groups in total. The lowest BCUT2D eigenvalue weighted by Gasteiger charge is -2.11. The highest BCUT2D eigenvalue weighted by Crippen LogP contribution is 1.65. The molecule has 0 unspecified atom stereocenters. The number of hydrogen-bond donors (Lipinski definition) is 4. The minimum atomic E-state index is -0.333. The molecular weight excluding hydrogens is 184 g/mol. The molecule has 0 aromatic heterocycles. The molecular formula is C8H20N4O2. The van der Waals surface area contributed by atoms with Gasteiger partial charge in [-0.25, -0.2) is 0 Å². The van der Waals surface area contributed by atoms with Crippen LogP contribution in [0.25, 0.3) is 0 Å². The van der Waals surface area contributed by atoms with Crippen molar-refractivity contribution in [3.8, 4) is 0 Å². The fraction of sp³-hybridized carbons (Fsp3) is 0.750. The van der Waals surface area contributed by atoms with Gasteiger partial charge in [0.1, 0.15) is 0 Å². The summed E-state index contributed by atoms with van der Waals surface area (Å²) in [7, 11) is 0. The van der Waals surface area contributed by atoms with E-state index in [9.17, 15) is 9.59 Å². The van der Waals surface area contributed by atoms with Crippen LogP contribution in [0.5, 0.6) is 0 Å². The highest BCUT2D eigenvalue weighted by atomic mass is 16.1. The second kappa shape index (κ2) is 11.9. The molecule has 0 spiro atoms. The van der Waals surface area contributed by atoms with Gasteiger partial charge in [-0.2, -0.15) is 0 Å². The second-order valence-corrected chi connectivity index (χ2v) is 2.72. The van der Waals surface area contributed by atoms with Gasteiger partial charge in [0.05, 0.1) is 0 Å². The van der Waals surface area contributed by atoms with Crippen molar-refractivity contribution in [1.82, 2.24) is 10.6 Å². The standard InChI is InChI=1S/C4H10N2.2C2H5NO/c1-2-6-4-3-5-1;2*1-2(3)4/h5-6H,1-4H2;2*1H3,(H2,3,4). The first-order chi connectivity index (χ1) is 6.46. The third-order valence-electron chi connectivity index (χ3n) is 0.957. The quantitative estimate of drug-likeness (QED) is 0.371. The van der Waals surface area contributed by atoms with Gasteiger partial charge in [-0.3, -0.25) is 9.59 Å². The summed E-state index contributed by atoms with van der Waals surface area (Å²) in [5.74, 6) is -0.667. The molecule has 0 bridgehead atoms. The van der Waals surface area contributed by atoms with Crippen LogP contribution in [0.3, 0.4) is 0 Å². The molecule has 84 valence electrons. The van der Waals surface area contributed by atoms with E-state index in [2.05, 4.69) is 22.1 Å². The molecule has 0 saturated carbocycles. The van der Waals surface area contributed by atoms with Crippen molar-refractivity contribution in [2.75, 3.05) is 26.2 Å². The first-order valence-corrected chi connectivity index (χ1v) is 4.40. The van der Waals surface area contributed by atoms with Gasteiger partial charge >= 0.3 is 0 Å². The normalized spacial score (nSPS) is 13.9. The summed E-state index contributed by atoms with van der Waals surface area (Å²) in [6.45, 7) is 7.17. The second-order valence-electron chi connectivity index (χ2n) is 2.72. The van der Waals surface area contributed by atoms with Crippen molar-refractivity contribution >= 4 is 11.8 Å². The van der Waals surface area contributed by atoms with Crippen molar-refractivity contribution in [3.05, 3.63) is 0 Å². The lowest BCUT2D eigenvalue weighted by atomic mass is 10.4. The van der Waals surface area contributed by atoms with Gasteiger partial charge in [0.15, 0.2) is 0 Å². The molecule has 1 aliphatic rings. The van der Waals surface area contributed by atoms with Crippen molar-refractivity contribution < 1.29 is 9.59 Å². The van der Waals surface area contributed by atoms with Gasteiger partial charge in [-0.05, 0) is 0 Å². The topological polar surface area (TPSA) is 110 Å². The van der Waals surface area contributed by atoms with E-state index < -0.39 is 0 Å². The van der Waals surface area contributed by atoms with Crippen molar-refractivity contribution in [2.24, 2.45) is 11.5 Å². The van der Waals surface area contributed by atoms with E-state index in [1.54, 1.807) is 0 Å². The van der Waals surface area contributed by atoms with Crippen LogP contribution in [0, 0.1) is 0 Å². The lowest BCUT2D eigenvalue weighted by Crippen LogP contribution is -2.39. The fourth-order valence-electron chi connectivity index (χ4n) is 0.604. The monoisotopic (exact) mass is 204 g/mol. The molecule has 0 aromatic rings. The Bertz CT molecular complexity index is 126. The summed E-state index contributed by atoms with van der Waals surface area (Å²) in [5.41, 5.74) is 8.94. The Morgan fingerprint density at radius 1 is 0.857 bits per heavy atom. The van der Waals surface area contributed by atoms with Crippen LogP contribution in [-0.2, 0) is 9.59 Å². The van der Waals surface area contributed by atoms with Crippen LogP contribution < -0.4 is 22.1 Å². The van der Waals surface area contributed by atoms with Gasteiger partial charge in [-0.1, -0.05) is 0 Å². The van der Waals surface area contributed by atoms with E-state index in [0.29, 0.717) is 0 Å². The molecule has 1 saturated heterocycles. The van der Waals surface area contributed by atoms with Crippen LogP contribution in [0.4, 0.5) is 0 Å². The molecule has 0 aliphatic carbocycles. The Balaban J connectivity index is 0. The maximum Gasteiger partial charge on any atom is 0.214 e. The zero-order valence-electron chi connectivity index (χ0n) is 8.80. The van der Waals surface area contributed by atoms with Gasteiger partial charge < -0.3 is 22.1 Å². The van der Waals surface area contributed by atoms with Crippen molar-refractivity contribution in [2.45, 2.75) is 13.8 Å². The summed E-state index contributed by atoms with van der Waals surface area (Å²) in [6, 6.07) is 0. The van der Waals surface area contributed by atoms with E-state index in [1.807, 2.05) is 0 Å². The van der Waals surface area contributed by atoms with Crippen LogP contribution in [0.2, 0.25) is 0 Å². The summed E-state index contributed by atoms with van der Waals surface area (Å²) in [4.78, 5) is 18.4. The number of amides is 2. The molecule has 1 aliphatic heterocycles. The number of rotatable bonds is 0. The first kappa shape index (κ1) is 15.3. The Kier molecular flexibility index (Phi) is 13.0. The van der Waals surface area contributed by atoms with Crippen LogP contribution in [0.1, 0.15) is 13.8 Å². The third kappa shape index (κ3) is 44.7. The number of nitrogens with one attached hydrogen (secondary N) is 2. The maximum atomic E-state index is 9.22. The largest absolute Gasteiger partial charge is 0.370 e. The van der Waals surface area contributed by atoms with Crippen LogP contribution in [0.15, 0.2) is 0 Å². The average Bonchev–Trinajstić information content (AvgIpc) is 2.05. The fourth-order valence-corrected chi connectivity index (χ4v) is 0.604. The molecule has 2 amide bonds. The van der Waals surface area contributed by atoms with E-state index in [-0.39, 0.29) is 11.8 Å². The molecule has 14 heavy (non-hydrogen) atoms. The summed E-state index contributed by atoms with van der Waals surface area (Å²) in [6.07, 6.45) is 0. The van der Waals surface area contributed by atoms with Crippen molar-refractivity contribution in [3.63, 3.8) is 0 Å². The zero-order valence-corrected chi connectivity index (χ0v) is 8.80.